The molecule has 6 atom stereocenters. The average molecular weight is 857 g/mol. The van der Waals surface area contributed by atoms with Gasteiger partial charge in [-0.25, -0.2) is 0 Å². The first kappa shape index (κ1) is 55.9. The molecule has 0 spiro atoms. The van der Waals surface area contributed by atoms with Crippen molar-refractivity contribution in [1.29, 1.82) is 0 Å². The maximum absolute atomic E-state index is 12.8. The van der Waals surface area contributed by atoms with Crippen LogP contribution in [0.3, 0.4) is 0 Å². The first-order chi connectivity index (χ1) is 29.8. The molecule has 4 N–H and O–H groups in total. The van der Waals surface area contributed by atoms with Crippen molar-refractivity contribution >= 4 is 11.9 Å². The van der Waals surface area contributed by atoms with Gasteiger partial charge in [-0.2, -0.15) is 0 Å². The molecule has 1 saturated heterocycles. The highest BCUT2D eigenvalue weighted by molar-refractivity contribution is 5.70. The summed E-state index contributed by atoms with van der Waals surface area (Å²) >= 11 is 0. The molecule has 1 aliphatic heterocycles. The van der Waals surface area contributed by atoms with Gasteiger partial charge in [-0.05, 0) is 77.0 Å². The van der Waals surface area contributed by atoms with Crippen molar-refractivity contribution in [2.24, 2.45) is 0 Å². The third kappa shape index (κ3) is 32.3. The Morgan fingerprint density at radius 1 is 0.508 bits per heavy atom. The quantitative estimate of drug-likeness (QED) is 0.0268. The molecule has 1 aliphatic rings. The van der Waals surface area contributed by atoms with Gasteiger partial charge in [0, 0.05) is 12.8 Å². The van der Waals surface area contributed by atoms with Crippen LogP contribution in [0.2, 0.25) is 0 Å². The average Bonchev–Trinajstić information content (AvgIpc) is 3.26. The summed E-state index contributed by atoms with van der Waals surface area (Å²) in [7, 11) is 0. The maximum Gasteiger partial charge on any atom is 0.306 e. The van der Waals surface area contributed by atoms with E-state index < -0.39 is 55.4 Å². The summed E-state index contributed by atoms with van der Waals surface area (Å²) in [6, 6.07) is 0. The molecule has 0 bridgehead atoms. The van der Waals surface area contributed by atoms with Crippen LogP contribution in [0.1, 0.15) is 168 Å². The zero-order valence-electron chi connectivity index (χ0n) is 37.9. The van der Waals surface area contributed by atoms with Gasteiger partial charge < -0.3 is 39.4 Å². The monoisotopic (exact) mass is 857 g/mol. The first-order valence-electron chi connectivity index (χ1n) is 23.7. The van der Waals surface area contributed by atoms with E-state index in [-0.39, 0.29) is 26.1 Å². The fraction of sp³-hybridized carbons (Fsp3) is 0.686. The number of aliphatic hydroxyl groups excluding tert-OH is 4. The number of allylic oxidation sites excluding steroid dienone is 14. The van der Waals surface area contributed by atoms with Gasteiger partial charge in [-0.3, -0.25) is 9.59 Å². The lowest BCUT2D eigenvalue weighted by Crippen LogP contribution is -2.59. The van der Waals surface area contributed by atoms with Crippen LogP contribution in [-0.2, 0) is 28.5 Å². The van der Waals surface area contributed by atoms with E-state index in [1.807, 2.05) is 12.2 Å². The van der Waals surface area contributed by atoms with Crippen LogP contribution in [0.25, 0.3) is 0 Å². The van der Waals surface area contributed by atoms with E-state index in [0.717, 1.165) is 38.5 Å². The minimum Gasteiger partial charge on any atom is -0.462 e. The van der Waals surface area contributed by atoms with Crippen molar-refractivity contribution in [3.05, 3.63) is 85.1 Å². The zero-order chi connectivity index (χ0) is 44.4. The third-order valence-corrected chi connectivity index (χ3v) is 10.3. The van der Waals surface area contributed by atoms with Crippen molar-refractivity contribution < 1.29 is 49.0 Å². The summed E-state index contributed by atoms with van der Waals surface area (Å²) < 4.78 is 22.0. The third-order valence-electron chi connectivity index (χ3n) is 10.3. The Labute approximate surface area is 369 Å². The lowest BCUT2D eigenvalue weighted by atomic mass is 9.99. The number of hydrogen-bond acceptors (Lipinski definition) is 10. The lowest BCUT2D eigenvalue weighted by molar-refractivity contribution is -0.305. The number of carbonyl (C=O) groups is 2. The second-order valence-corrected chi connectivity index (χ2v) is 15.8. The predicted molar refractivity (Wildman–Crippen MR) is 247 cm³/mol. The highest BCUT2D eigenvalue weighted by atomic mass is 16.7. The van der Waals surface area contributed by atoms with Gasteiger partial charge in [0.1, 0.15) is 31.0 Å². The van der Waals surface area contributed by atoms with E-state index in [1.165, 1.54) is 83.5 Å². The molecule has 0 saturated carbocycles. The Morgan fingerprint density at radius 3 is 1.48 bits per heavy atom. The van der Waals surface area contributed by atoms with Crippen LogP contribution in [0, 0.1) is 0 Å². The summed E-state index contributed by atoms with van der Waals surface area (Å²) in [5.41, 5.74) is 0. The molecule has 10 heteroatoms. The number of hydrogen-bond donors (Lipinski definition) is 4. The zero-order valence-corrected chi connectivity index (χ0v) is 37.9. The first-order valence-corrected chi connectivity index (χ1v) is 23.7. The van der Waals surface area contributed by atoms with Crippen molar-refractivity contribution in [3.63, 3.8) is 0 Å². The Morgan fingerprint density at radius 2 is 0.951 bits per heavy atom. The number of unbranched alkanes of at least 4 members (excludes halogenated alkanes) is 13. The largest absolute Gasteiger partial charge is 0.462 e. The van der Waals surface area contributed by atoms with Gasteiger partial charge in [0.05, 0.1) is 13.2 Å². The van der Waals surface area contributed by atoms with Crippen LogP contribution in [0.15, 0.2) is 85.1 Å². The predicted octanol–water partition coefficient (Wildman–Crippen LogP) is 10.6. The van der Waals surface area contributed by atoms with Crippen LogP contribution in [0.5, 0.6) is 0 Å². The summed E-state index contributed by atoms with van der Waals surface area (Å²) in [5, 5.41) is 40.1. The second kappa shape index (κ2) is 40.9. The number of aliphatic hydroxyl groups is 4. The molecule has 0 aliphatic carbocycles. The Balaban J connectivity index is 2.40. The van der Waals surface area contributed by atoms with E-state index in [2.05, 4.69) is 86.8 Å². The van der Waals surface area contributed by atoms with E-state index >= 15 is 0 Å². The SMILES string of the molecule is CCCCC/C=C/C/C=C/C/C=C/C/C=C/C/C=C/CCC(=O)OC[C@@H](CO[C@H]1O[C@@H](CO)[C@@H](O)C(O)C1O)OC(=O)CCC/C=C/C/C=C/CCCCCCCCCCC. The van der Waals surface area contributed by atoms with Gasteiger partial charge in [-0.15, -0.1) is 0 Å². The highest BCUT2D eigenvalue weighted by Gasteiger charge is 2.44. The van der Waals surface area contributed by atoms with Gasteiger partial charge in [0.15, 0.2) is 12.4 Å². The van der Waals surface area contributed by atoms with E-state index in [1.54, 1.807) is 0 Å². The van der Waals surface area contributed by atoms with Crippen LogP contribution in [-0.4, -0.2) is 89.0 Å². The summed E-state index contributed by atoms with van der Waals surface area (Å²) in [6.07, 6.45) is 46.1. The van der Waals surface area contributed by atoms with Crippen molar-refractivity contribution in [2.75, 3.05) is 19.8 Å². The lowest BCUT2D eigenvalue weighted by Gasteiger charge is -2.39. The van der Waals surface area contributed by atoms with Crippen LogP contribution >= 0.6 is 0 Å². The molecular formula is C51H84O10. The van der Waals surface area contributed by atoms with E-state index in [9.17, 15) is 30.0 Å². The molecule has 0 aromatic heterocycles. The molecule has 1 heterocycles. The van der Waals surface area contributed by atoms with Crippen LogP contribution < -0.4 is 0 Å². The van der Waals surface area contributed by atoms with Gasteiger partial charge >= 0.3 is 11.9 Å². The fourth-order valence-electron chi connectivity index (χ4n) is 6.50. The summed E-state index contributed by atoms with van der Waals surface area (Å²) in [6.45, 7) is 3.27. The maximum atomic E-state index is 12.8. The standard InChI is InChI=1S/C51H84O10/c1-3-5-7-9-11-13-15-17-19-21-22-24-25-27-29-31-33-35-37-39-46(53)58-42-44(43-59-51-50(57)49(56)48(55)45(41-52)61-51)60-47(54)40-38-36-34-32-30-28-26-23-20-18-16-14-12-10-8-6-4-2/h11,13,17,19,22,24,26-29,32-35,44-45,48-52,55-57H,3-10,12,14-16,18,20-21,23,25,30-31,36-43H2,1-2H3/b13-11+,19-17+,24-22+,28-26+,29-27+,34-32+,35-33+/t44-,45-,48+,49?,50?,51-/m0/s1. The van der Waals surface area contributed by atoms with Gasteiger partial charge in [-0.1, -0.05) is 163 Å². The summed E-state index contributed by atoms with van der Waals surface area (Å²) in [4.78, 5) is 25.3. The van der Waals surface area contributed by atoms with Gasteiger partial charge in [0.25, 0.3) is 0 Å². The fourth-order valence-corrected chi connectivity index (χ4v) is 6.50. The molecule has 0 aromatic rings. The van der Waals surface area contributed by atoms with Crippen molar-refractivity contribution in [2.45, 2.75) is 205 Å². The number of ether oxygens (including phenoxy) is 4. The number of carbonyl (C=O) groups excluding carboxylic acids is 2. The Kier molecular flexibility index (Phi) is 37.5. The molecule has 0 amide bonds. The minimum atomic E-state index is -1.62. The van der Waals surface area contributed by atoms with Crippen LogP contribution in [0.4, 0.5) is 0 Å². The molecule has 1 fully saturated rings. The van der Waals surface area contributed by atoms with E-state index in [4.69, 9.17) is 18.9 Å². The molecule has 2 unspecified atom stereocenters. The molecule has 348 valence electrons. The molecular weight excluding hydrogens is 773 g/mol. The molecule has 61 heavy (non-hydrogen) atoms. The topological polar surface area (TPSA) is 152 Å². The molecule has 0 aromatic carbocycles. The number of esters is 2. The molecule has 1 rings (SSSR count). The smallest absolute Gasteiger partial charge is 0.306 e. The Bertz CT molecular complexity index is 1270. The van der Waals surface area contributed by atoms with Crippen molar-refractivity contribution in [3.8, 4) is 0 Å². The second-order valence-electron chi connectivity index (χ2n) is 15.8. The molecule has 0 radical (unpaired) electrons. The van der Waals surface area contributed by atoms with E-state index in [0.29, 0.717) is 19.3 Å². The number of rotatable bonds is 38. The normalized spacial score (nSPS) is 20.5. The Hall–Kier alpha value is -3.12. The minimum absolute atomic E-state index is 0.139. The summed E-state index contributed by atoms with van der Waals surface area (Å²) in [5.74, 6) is -0.962. The van der Waals surface area contributed by atoms with Crippen molar-refractivity contribution in [1.82, 2.24) is 0 Å². The molecule has 10 nitrogen and oxygen atoms in total. The highest BCUT2D eigenvalue weighted by Crippen LogP contribution is 2.22. The van der Waals surface area contributed by atoms with Gasteiger partial charge in [0.2, 0.25) is 0 Å².